The van der Waals surface area contributed by atoms with Crippen molar-refractivity contribution in [2.24, 2.45) is 0 Å². The van der Waals surface area contributed by atoms with Gasteiger partial charge in [-0.2, -0.15) is 13.2 Å². The molecule has 0 atom stereocenters. The predicted molar refractivity (Wildman–Crippen MR) is 89.0 cm³/mol. The molecule has 6 heteroatoms. The minimum absolute atomic E-state index is 0.188. The molecular formula is C19H11F3N2O. The first-order valence-corrected chi connectivity index (χ1v) is 7.46. The highest BCUT2D eigenvalue weighted by Gasteiger charge is 2.37. The van der Waals surface area contributed by atoms with Crippen molar-refractivity contribution in [3.63, 3.8) is 0 Å². The van der Waals surface area contributed by atoms with Crippen molar-refractivity contribution in [1.29, 1.82) is 0 Å². The first-order chi connectivity index (χ1) is 11.9. The van der Waals surface area contributed by atoms with Crippen molar-refractivity contribution in [2.45, 2.75) is 6.18 Å². The molecule has 1 aliphatic heterocycles. The Kier molecular flexibility index (Phi) is 3.18. The molecular weight excluding hydrogens is 329 g/mol. The molecule has 0 unspecified atom stereocenters. The van der Waals surface area contributed by atoms with Gasteiger partial charge in [0.05, 0.1) is 22.5 Å². The average molecular weight is 340 g/mol. The number of hydrogen-bond acceptors (Lipinski definition) is 2. The average Bonchev–Trinajstić information content (AvgIpc) is 2.84. The van der Waals surface area contributed by atoms with Crippen LogP contribution in [0.25, 0.3) is 16.6 Å². The van der Waals surface area contributed by atoms with Crippen molar-refractivity contribution in [3.05, 3.63) is 78.0 Å². The number of anilines is 1. The van der Waals surface area contributed by atoms with E-state index in [1.54, 1.807) is 24.4 Å². The van der Waals surface area contributed by atoms with Gasteiger partial charge in [0.15, 0.2) is 0 Å². The molecule has 1 aromatic heterocycles. The second-order valence-corrected chi connectivity index (χ2v) is 5.70. The quantitative estimate of drug-likeness (QED) is 0.632. The number of para-hydroxylation sites is 1. The molecule has 0 saturated heterocycles. The van der Waals surface area contributed by atoms with Gasteiger partial charge in [-0.1, -0.05) is 24.8 Å². The van der Waals surface area contributed by atoms with Gasteiger partial charge in [0, 0.05) is 22.7 Å². The number of rotatable bonds is 1. The van der Waals surface area contributed by atoms with Gasteiger partial charge in [-0.05, 0) is 30.3 Å². The molecule has 0 spiro atoms. The van der Waals surface area contributed by atoms with Gasteiger partial charge in [0.25, 0.3) is 5.91 Å². The smallest absolute Gasteiger partial charge is 0.275 e. The number of carbonyl (C=O) groups excluding carboxylic acids is 1. The van der Waals surface area contributed by atoms with E-state index in [4.69, 9.17) is 0 Å². The molecule has 0 bridgehead atoms. The monoisotopic (exact) mass is 340 g/mol. The van der Waals surface area contributed by atoms with Crippen LogP contribution in [0.1, 0.15) is 21.5 Å². The fourth-order valence-corrected chi connectivity index (χ4v) is 3.03. The summed E-state index contributed by atoms with van der Waals surface area (Å²) in [6, 6.07) is 12.0. The van der Waals surface area contributed by atoms with Crippen LogP contribution in [0.4, 0.5) is 18.9 Å². The summed E-state index contributed by atoms with van der Waals surface area (Å²) in [6.07, 6.45) is -2.88. The Morgan fingerprint density at radius 3 is 2.52 bits per heavy atom. The number of halogens is 3. The van der Waals surface area contributed by atoms with E-state index in [1.807, 2.05) is 12.1 Å². The maximum absolute atomic E-state index is 13.0. The molecule has 3 nitrogen and oxygen atoms in total. The third kappa shape index (κ3) is 2.29. The Hall–Kier alpha value is -3.15. The number of benzene rings is 2. The van der Waals surface area contributed by atoms with Crippen LogP contribution in [-0.2, 0) is 6.18 Å². The third-order valence-corrected chi connectivity index (χ3v) is 4.21. The normalized spacial score (nSPS) is 14.3. The van der Waals surface area contributed by atoms with E-state index in [-0.39, 0.29) is 16.8 Å². The number of fused-ring (bicyclic) bond motifs is 2. The van der Waals surface area contributed by atoms with Crippen molar-refractivity contribution in [2.75, 3.05) is 4.90 Å². The van der Waals surface area contributed by atoms with E-state index in [0.29, 0.717) is 11.2 Å². The fraction of sp³-hybridized carbons (Fsp3) is 0.0526. The highest BCUT2D eigenvalue weighted by atomic mass is 19.4. The highest BCUT2D eigenvalue weighted by Crippen LogP contribution is 2.40. The summed E-state index contributed by atoms with van der Waals surface area (Å²) >= 11 is 0. The Morgan fingerprint density at radius 2 is 1.76 bits per heavy atom. The fourth-order valence-electron chi connectivity index (χ4n) is 3.03. The molecule has 124 valence electrons. The molecule has 0 saturated carbocycles. The molecule has 2 aromatic carbocycles. The van der Waals surface area contributed by atoms with Crippen LogP contribution in [0, 0.1) is 0 Å². The Bertz CT molecular complexity index is 1040. The van der Waals surface area contributed by atoms with E-state index in [0.717, 1.165) is 17.5 Å². The molecule has 1 amide bonds. The molecule has 3 aromatic rings. The zero-order valence-electron chi connectivity index (χ0n) is 12.8. The number of amides is 1. The van der Waals surface area contributed by atoms with E-state index >= 15 is 0 Å². The van der Waals surface area contributed by atoms with Gasteiger partial charge in [-0.25, -0.2) is 0 Å². The summed E-state index contributed by atoms with van der Waals surface area (Å²) in [5.41, 5.74) is 0.877. The van der Waals surface area contributed by atoms with E-state index in [2.05, 4.69) is 11.6 Å². The zero-order chi connectivity index (χ0) is 17.8. The molecule has 0 aliphatic carbocycles. The first-order valence-electron chi connectivity index (χ1n) is 7.46. The first kappa shape index (κ1) is 15.4. The van der Waals surface area contributed by atoms with Crippen molar-refractivity contribution >= 4 is 28.2 Å². The number of pyridine rings is 1. The van der Waals surface area contributed by atoms with Gasteiger partial charge in [-0.3, -0.25) is 14.7 Å². The summed E-state index contributed by atoms with van der Waals surface area (Å²) in [6.45, 7) is 3.84. The van der Waals surface area contributed by atoms with Crippen LogP contribution in [0.2, 0.25) is 0 Å². The van der Waals surface area contributed by atoms with E-state index in [1.165, 1.54) is 11.0 Å². The lowest BCUT2D eigenvalue weighted by atomic mass is 10.0. The van der Waals surface area contributed by atoms with Gasteiger partial charge < -0.3 is 0 Å². The number of carbonyl (C=O) groups is 1. The number of alkyl halides is 3. The van der Waals surface area contributed by atoms with Crippen LogP contribution in [-0.4, -0.2) is 10.9 Å². The second-order valence-electron chi connectivity index (χ2n) is 5.70. The molecule has 4 rings (SSSR count). The van der Waals surface area contributed by atoms with E-state index in [9.17, 15) is 18.0 Å². The maximum Gasteiger partial charge on any atom is 0.416 e. The molecule has 2 heterocycles. The maximum atomic E-state index is 13.0. The molecule has 25 heavy (non-hydrogen) atoms. The minimum atomic E-state index is -4.48. The predicted octanol–water partition coefficient (Wildman–Crippen LogP) is 4.88. The Balaban J connectivity index is 1.88. The SMILES string of the molecule is C=C1c2cc(C(F)(F)F)ccc2C(=O)N1c1cccc2cccnc12. The molecule has 0 radical (unpaired) electrons. The molecule has 0 N–H and O–H groups in total. The van der Waals surface area contributed by atoms with Gasteiger partial charge >= 0.3 is 6.18 Å². The lowest BCUT2D eigenvalue weighted by Crippen LogP contribution is -2.22. The van der Waals surface area contributed by atoms with Crippen molar-refractivity contribution in [1.82, 2.24) is 4.98 Å². The van der Waals surface area contributed by atoms with E-state index < -0.39 is 17.6 Å². The number of hydrogen-bond donors (Lipinski definition) is 0. The van der Waals surface area contributed by atoms with Crippen LogP contribution in [0.15, 0.2) is 61.3 Å². The number of nitrogens with zero attached hydrogens (tertiary/aromatic N) is 2. The lowest BCUT2D eigenvalue weighted by Gasteiger charge is -2.19. The van der Waals surface area contributed by atoms with Crippen molar-refractivity contribution < 1.29 is 18.0 Å². The molecule has 0 fully saturated rings. The summed E-state index contributed by atoms with van der Waals surface area (Å²) in [5, 5.41) is 0.826. The third-order valence-electron chi connectivity index (χ3n) is 4.21. The van der Waals surface area contributed by atoms with Crippen LogP contribution >= 0.6 is 0 Å². The summed E-state index contributed by atoms with van der Waals surface area (Å²) in [4.78, 5) is 18.4. The second kappa shape index (κ2) is 5.17. The zero-order valence-corrected chi connectivity index (χ0v) is 12.8. The topological polar surface area (TPSA) is 33.2 Å². The largest absolute Gasteiger partial charge is 0.416 e. The Labute approximate surface area is 141 Å². The van der Waals surface area contributed by atoms with Gasteiger partial charge in [-0.15, -0.1) is 0 Å². The molecule has 1 aliphatic rings. The van der Waals surface area contributed by atoms with Gasteiger partial charge in [0.1, 0.15) is 0 Å². The van der Waals surface area contributed by atoms with Crippen molar-refractivity contribution in [3.8, 4) is 0 Å². The summed E-state index contributed by atoms with van der Waals surface area (Å²) in [5.74, 6) is -0.410. The minimum Gasteiger partial charge on any atom is -0.275 e. The van der Waals surface area contributed by atoms with Gasteiger partial charge in [0.2, 0.25) is 0 Å². The van der Waals surface area contributed by atoms with Crippen LogP contribution in [0.3, 0.4) is 0 Å². The van der Waals surface area contributed by atoms with Crippen LogP contribution < -0.4 is 4.90 Å². The Morgan fingerprint density at radius 1 is 1.00 bits per heavy atom. The lowest BCUT2D eigenvalue weighted by molar-refractivity contribution is -0.137. The highest BCUT2D eigenvalue weighted by molar-refractivity contribution is 6.24. The van der Waals surface area contributed by atoms with Crippen LogP contribution in [0.5, 0.6) is 0 Å². The standard InChI is InChI=1S/C19H11F3N2O/c1-11-15-10-13(19(20,21)22)7-8-14(15)18(25)24(11)16-6-2-4-12-5-3-9-23-17(12)16/h2-10H,1H2. The summed E-state index contributed by atoms with van der Waals surface area (Å²) in [7, 11) is 0. The number of aromatic nitrogens is 1. The summed E-state index contributed by atoms with van der Waals surface area (Å²) < 4.78 is 38.9.